The fraction of sp³-hybridized carbons (Fsp3) is 0.471. The molecule has 0 unspecified atom stereocenters. The third kappa shape index (κ3) is 2.74. The second-order valence-electron chi connectivity index (χ2n) is 5.71. The van der Waals surface area contributed by atoms with Gasteiger partial charge in [-0.25, -0.2) is 4.68 Å². The van der Waals surface area contributed by atoms with Crippen molar-refractivity contribution in [3.63, 3.8) is 0 Å². The first-order chi connectivity index (χ1) is 10.7. The number of aliphatic hydroxyl groups excluding tert-OH is 1. The molecule has 1 aliphatic heterocycles. The van der Waals surface area contributed by atoms with E-state index in [-0.39, 0.29) is 6.61 Å². The number of hydrogen-bond donors (Lipinski definition) is 1. The summed E-state index contributed by atoms with van der Waals surface area (Å²) < 4.78 is 1.97. The van der Waals surface area contributed by atoms with Crippen LogP contribution in [0.3, 0.4) is 0 Å². The quantitative estimate of drug-likeness (QED) is 0.935. The number of piperazine rings is 1. The summed E-state index contributed by atoms with van der Waals surface area (Å²) in [6.07, 6.45) is 0. The number of rotatable bonds is 4. The predicted molar refractivity (Wildman–Crippen MR) is 88.6 cm³/mol. The first-order valence-corrected chi connectivity index (χ1v) is 7.96. The summed E-state index contributed by atoms with van der Waals surface area (Å²) in [7, 11) is 0. The molecule has 0 spiro atoms. The van der Waals surface area contributed by atoms with E-state index in [1.54, 1.807) is 0 Å². The van der Waals surface area contributed by atoms with E-state index in [4.69, 9.17) is 0 Å². The van der Waals surface area contributed by atoms with Gasteiger partial charge in [0.1, 0.15) is 5.82 Å². The molecule has 118 valence electrons. The van der Waals surface area contributed by atoms with Crippen molar-refractivity contribution in [2.75, 3.05) is 37.6 Å². The van der Waals surface area contributed by atoms with E-state index in [1.165, 1.54) is 0 Å². The maximum Gasteiger partial charge on any atom is 0.138 e. The summed E-state index contributed by atoms with van der Waals surface area (Å²) in [4.78, 5) is 4.80. The zero-order valence-electron chi connectivity index (χ0n) is 13.4. The van der Waals surface area contributed by atoms with Gasteiger partial charge < -0.3 is 14.9 Å². The Hall–Kier alpha value is -1.85. The molecule has 0 amide bonds. The molecule has 0 aliphatic carbocycles. The number of hydrogen-bond acceptors (Lipinski definition) is 4. The fourth-order valence-electron chi connectivity index (χ4n) is 3.08. The van der Waals surface area contributed by atoms with Crippen LogP contribution in [-0.4, -0.2) is 52.5 Å². The number of nitrogens with zero attached hydrogens (tertiary/aromatic N) is 4. The minimum absolute atomic E-state index is 0.0298. The van der Waals surface area contributed by atoms with Crippen molar-refractivity contribution >= 4 is 5.82 Å². The normalized spacial score (nSPS) is 16.2. The van der Waals surface area contributed by atoms with Crippen LogP contribution in [0.25, 0.3) is 5.69 Å². The molecule has 1 fully saturated rings. The van der Waals surface area contributed by atoms with Gasteiger partial charge in [0.15, 0.2) is 0 Å². The van der Waals surface area contributed by atoms with Crippen LogP contribution in [0.5, 0.6) is 0 Å². The van der Waals surface area contributed by atoms with Gasteiger partial charge in [0, 0.05) is 31.7 Å². The summed E-state index contributed by atoms with van der Waals surface area (Å²) in [5.74, 6) is 1.04. The van der Waals surface area contributed by atoms with Crippen molar-refractivity contribution in [2.24, 2.45) is 0 Å². The van der Waals surface area contributed by atoms with E-state index in [1.807, 2.05) is 29.8 Å². The minimum atomic E-state index is 0.0298. The van der Waals surface area contributed by atoms with Crippen LogP contribution in [0.1, 0.15) is 18.2 Å². The number of likely N-dealkylation sites (N-methyl/N-ethyl adjacent to an activating group) is 1. The molecule has 1 aromatic heterocycles. The Bertz CT molecular complexity index is 615. The Labute approximate surface area is 131 Å². The van der Waals surface area contributed by atoms with Gasteiger partial charge >= 0.3 is 0 Å². The number of aliphatic hydroxyl groups is 1. The number of aromatic nitrogens is 2. The highest BCUT2D eigenvalue weighted by Crippen LogP contribution is 2.28. The number of aryl methyl sites for hydroxylation is 1. The summed E-state index contributed by atoms with van der Waals surface area (Å²) >= 11 is 0. The Morgan fingerprint density at radius 2 is 1.77 bits per heavy atom. The van der Waals surface area contributed by atoms with Crippen molar-refractivity contribution in [1.29, 1.82) is 0 Å². The van der Waals surface area contributed by atoms with Crippen LogP contribution < -0.4 is 4.90 Å². The fourth-order valence-corrected chi connectivity index (χ4v) is 3.08. The Balaban J connectivity index is 1.99. The molecule has 1 saturated heterocycles. The molecule has 2 aromatic rings. The van der Waals surface area contributed by atoms with E-state index >= 15 is 0 Å². The molecule has 1 N–H and O–H groups in total. The topological polar surface area (TPSA) is 44.5 Å². The van der Waals surface area contributed by atoms with Gasteiger partial charge in [0.05, 0.1) is 18.0 Å². The average Bonchev–Trinajstić information content (AvgIpc) is 2.92. The SMILES string of the molecule is CCN1CCN(c2c(CO)c(C)nn2-c2ccccc2)CC1. The minimum Gasteiger partial charge on any atom is -0.391 e. The highest BCUT2D eigenvalue weighted by atomic mass is 16.3. The lowest BCUT2D eigenvalue weighted by molar-refractivity contribution is 0.266. The maximum atomic E-state index is 9.80. The van der Waals surface area contributed by atoms with Crippen LogP contribution in [0.4, 0.5) is 5.82 Å². The van der Waals surface area contributed by atoms with Crippen molar-refractivity contribution < 1.29 is 5.11 Å². The van der Waals surface area contributed by atoms with Gasteiger partial charge in [-0.15, -0.1) is 0 Å². The second kappa shape index (κ2) is 6.50. The van der Waals surface area contributed by atoms with Crippen LogP contribution in [-0.2, 0) is 6.61 Å². The second-order valence-corrected chi connectivity index (χ2v) is 5.71. The largest absolute Gasteiger partial charge is 0.391 e. The molecular formula is C17H24N4O. The Morgan fingerprint density at radius 1 is 1.09 bits per heavy atom. The van der Waals surface area contributed by atoms with Crippen LogP contribution in [0.15, 0.2) is 30.3 Å². The van der Waals surface area contributed by atoms with Crippen molar-refractivity contribution in [3.8, 4) is 5.69 Å². The van der Waals surface area contributed by atoms with Crippen LogP contribution in [0, 0.1) is 6.92 Å². The van der Waals surface area contributed by atoms with E-state index < -0.39 is 0 Å². The Morgan fingerprint density at radius 3 is 2.36 bits per heavy atom. The standard InChI is InChI=1S/C17H24N4O/c1-3-19-9-11-20(12-10-19)17-16(13-22)14(2)18-21(17)15-7-5-4-6-8-15/h4-8,22H,3,9-13H2,1-2H3. The van der Waals surface area contributed by atoms with E-state index in [2.05, 4.69) is 34.0 Å². The molecule has 3 rings (SSSR count). The summed E-state index contributed by atoms with van der Waals surface area (Å²) in [6, 6.07) is 10.2. The molecule has 0 radical (unpaired) electrons. The summed E-state index contributed by atoms with van der Waals surface area (Å²) in [6.45, 7) is 9.35. The smallest absolute Gasteiger partial charge is 0.138 e. The van der Waals surface area contributed by atoms with Gasteiger partial charge in [-0.3, -0.25) is 0 Å². The van der Waals surface area contributed by atoms with Crippen molar-refractivity contribution in [2.45, 2.75) is 20.5 Å². The Kier molecular flexibility index (Phi) is 4.45. The third-order valence-corrected chi connectivity index (χ3v) is 4.44. The molecule has 5 nitrogen and oxygen atoms in total. The number of anilines is 1. The van der Waals surface area contributed by atoms with Gasteiger partial charge in [-0.1, -0.05) is 25.1 Å². The monoisotopic (exact) mass is 300 g/mol. The van der Waals surface area contributed by atoms with E-state index in [0.29, 0.717) is 0 Å². The molecule has 0 bridgehead atoms. The summed E-state index contributed by atoms with van der Waals surface area (Å²) in [5.41, 5.74) is 2.88. The van der Waals surface area contributed by atoms with Crippen molar-refractivity contribution in [1.82, 2.24) is 14.7 Å². The third-order valence-electron chi connectivity index (χ3n) is 4.44. The molecule has 0 saturated carbocycles. The number of para-hydroxylation sites is 1. The lowest BCUT2D eigenvalue weighted by atomic mass is 10.2. The zero-order chi connectivity index (χ0) is 15.5. The molecule has 2 heterocycles. The van der Waals surface area contributed by atoms with Gasteiger partial charge in [-0.05, 0) is 25.6 Å². The molecule has 5 heteroatoms. The maximum absolute atomic E-state index is 9.80. The zero-order valence-corrected chi connectivity index (χ0v) is 13.4. The van der Waals surface area contributed by atoms with Crippen LogP contribution in [0.2, 0.25) is 0 Å². The van der Waals surface area contributed by atoms with Gasteiger partial charge in [0.25, 0.3) is 0 Å². The highest BCUT2D eigenvalue weighted by Gasteiger charge is 2.24. The van der Waals surface area contributed by atoms with Gasteiger partial charge in [-0.2, -0.15) is 5.10 Å². The molecule has 0 atom stereocenters. The lowest BCUT2D eigenvalue weighted by Gasteiger charge is -2.36. The van der Waals surface area contributed by atoms with Crippen LogP contribution >= 0.6 is 0 Å². The molecule has 1 aromatic carbocycles. The average molecular weight is 300 g/mol. The number of benzene rings is 1. The lowest BCUT2D eigenvalue weighted by Crippen LogP contribution is -2.47. The predicted octanol–water partition coefficient (Wildman–Crippen LogP) is 1.81. The highest BCUT2D eigenvalue weighted by molar-refractivity contribution is 5.55. The molecule has 22 heavy (non-hydrogen) atoms. The summed E-state index contributed by atoms with van der Waals surface area (Å²) in [5, 5.41) is 14.5. The van der Waals surface area contributed by atoms with E-state index in [0.717, 1.165) is 55.5 Å². The van der Waals surface area contributed by atoms with Crippen molar-refractivity contribution in [3.05, 3.63) is 41.6 Å². The molecule has 1 aliphatic rings. The molecular weight excluding hydrogens is 276 g/mol. The van der Waals surface area contributed by atoms with E-state index in [9.17, 15) is 5.11 Å². The van der Waals surface area contributed by atoms with Gasteiger partial charge in [0.2, 0.25) is 0 Å². The first-order valence-electron chi connectivity index (χ1n) is 7.96. The first kappa shape index (κ1) is 15.1.